The van der Waals surface area contributed by atoms with Crippen molar-refractivity contribution in [3.05, 3.63) is 17.8 Å². The van der Waals surface area contributed by atoms with Gasteiger partial charge in [-0.05, 0) is 5.75 Å². The molecule has 0 amide bonds. The molecule has 4 heteroatoms. The Morgan fingerprint density at radius 2 is 2.64 bits per heavy atom. The van der Waals surface area contributed by atoms with Crippen LogP contribution in [0.15, 0.2) is 22.8 Å². The molecule has 0 aliphatic carbocycles. The summed E-state index contributed by atoms with van der Waals surface area (Å²) >= 11 is 3.45. The van der Waals surface area contributed by atoms with Crippen LogP contribution in [-0.4, -0.2) is 15.1 Å². The van der Waals surface area contributed by atoms with Gasteiger partial charge in [0.15, 0.2) is 4.96 Å². The van der Waals surface area contributed by atoms with E-state index in [9.17, 15) is 0 Å². The van der Waals surface area contributed by atoms with Crippen LogP contribution in [0.25, 0.3) is 4.96 Å². The standard InChI is InChI=1S/C7H8N2S2/c1-2-10-6-5-9-3-4-11-7(9)8-6/h3-5H,2H2,1H3. The van der Waals surface area contributed by atoms with Crippen LogP contribution in [0.5, 0.6) is 0 Å². The number of nitrogens with zero attached hydrogens (tertiary/aromatic N) is 2. The van der Waals surface area contributed by atoms with Gasteiger partial charge in [0.1, 0.15) is 5.03 Å². The molecule has 0 aliphatic heterocycles. The molecule has 2 aromatic heterocycles. The molecule has 11 heavy (non-hydrogen) atoms. The van der Waals surface area contributed by atoms with Gasteiger partial charge in [0.05, 0.1) is 0 Å². The van der Waals surface area contributed by atoms with Crippen molar-refractivity contribution < 1.29 is 0 Å². The molecule has 58 valence electrons. The Morgan fingerprint density at radius 3 is 3.36 bits per heavy atom. The Bertz CT molecular complexity index is 321. The number of thiazole rings is 1. The van der Waals surface area contributed by atoms with E-state index in [1.165, 1.54) is 0 Å². The molecule has 0 bridgehead atoms. The molecule has 2 aromatic rings. The number of aromatic nitrogens is 2. The molecule has 2 heterocycles. The highest BCUT2D eigenvalue weighted by Crippen LogP contribution is 2.19. The largest absolute Gasteiger partial charge is 0.297 e. The summed E-state index contributed by atoms with van der Waals surface area (Å²) in [5, 5.41) is 3.17. The zero-order valence-corrected chi connectivity index (χ0v) is 7.78. The Labute approximate surface area is 73.3 Å². The molecule has 0 aliphatic rings. The average molecular weight is 184 g/mol. The quantitative estimate of drug-likeness (QED) is 0.667. The maximum absolute atomic E-state index is 4.41. The van der Waals surface area contributed by atoms with Crippen molar-refractivity contribution in [1.82, 2.24) is 9.38 Å². The van der Waals surface area contributed by atoms with E-state index in [1.54, 1.807) is 23.1 Å². The fraction of sp³-hybridized carbons (Fsp3) is 0.286. The summed E-state index contributed by atoms with van der Waals surface area (Å²) in [6.45, 7) is 2.14. The first kappa shape index (κ1) is 7.18. The number of thioether (sulfide) groups is 1. The minimum atomic E-state index is 1.08. The lowest BCUT2D eigenvalue weighted by molar-refractivity contribution is 1.20. The van der Waals surface area contributed by atoms with Gasteiger partial charge < -0.3 is 0 Å². The minimum Gasteiger partial charge on any atom is -0.297 e. The third-order valence-corrected chi connectivity index (χ3v) is 2.92. The molecule has 0 saturated heterocycles. The highest BCUT2D eigenvalue weighted by atomic mass is 32.2. The van der Waals surface area contributed by atoms with Gasteiger partial charge in [-0.25, -0.2) is 4.98 Å². The fourth-order valence-corrected chi connectivity index (χ4v) is 2.32. The highest BCUT2D eigenvalue weighted by molar-refractivity contribution is 7.99. The van der Waals surface area contributed by atoms with Crippen LogP contribution in [0.2, 0.25) is 0 Å². The topological polar surface area (TPSA) is 17.3 Å². The van der Waals surface area contributed by atoms with Gasteiger partial charge >= 0.3 is 0 Å². The second kappa shape index (κ2) is 2.87. The van der Waals surface area contributed by atoms with E-state index in [-0.39, 0.29) is 0 Å². The van der Waals surface area contributed by atoms with E-state index in [2.05, 4.69) is 22.5 Å². The van der Waals surface area contributed by atoms with E-state index in [4.69, 9.17) is 0 Å². The van der Waals surface area contributed by atoms with Gasteiger partial charge in [0, 0.05) is 17.8 Å². The van der Waals surface area contributed by atoms with E-state index < -0.39 is 0 Å². The predicted octanol–water partition coefficient (Wildman–Crippen LogP) is 2.51. The van der Waals surface area contributed by atoms with Gasteiger partial charge in [-0.1, -0.05) is 6.92 Å². The van der Waals surface area contributed by atoms with Crippen molar-refractivity contribution in [3.63, 3.8) is 0 Å². The third-order valence-electron chi connectivity index (χ3n) is 1.36. The molecule has 2 nitrogen and oxygen atoms in total. The fourth-order valence-electron chi connectivity index (χ4n) is 0.923. The maximum atomic E-state index is 4.41. The Morgan fingerprint density at radius 1 is 1.73 bits per heavy atom. The average Bonchev–Trinajstić information content (AvgIpc) is 2.46. The summed E-state index contributed by atoms with van der Waals surface area (Å²) in [7, 11) is 0. The molecule has 0 aromatic carbocycles. The van der Waals surface area contributed by atoms with Gasteiger partial charge in [-0.15, -0.1) is 23.1 Å². The van der Waals surface area contributed by atoms with Gasteiger partial charge in [0.25, 0.3) is 0 Å². The summed E-state index contributed by atoms with van der Waals surface area (Å²) in [6, 6.07) is 0. The number of fused-ring (bicyclic) bond motifs is 1. The van der Waals surface area contributed by atoms with Crippen LogP contribution in [0.4, 0.5) is 0 Å². The van der Waals surface area contributed by atoms with Crippen molar-refractivity contribution >= 4 is 28.1 Å². The second-order valence-electron chi connectivity index (χ2n) is 2.11. The molecule has 0 fully saturated rings. The second-order valence-corrected chi connectivity index (χ2v) is 4.26. The minimum absolute atomic E-state index is 1.08. The van der Waals surface area contributed by atoms with Crippen LogP contribution < -0.4 is 0 Å². The molecule has 0 spiro atoms. The molecule has 2 rings (SSSR count). The lowest BCUT2D eigenvalue weighted by Gasteiger charge is -1.85. The van der Waals surface area contributed by atoms with Crippen molar-refractivity contribution in [3.8, 4) is 0 Å². The van der Waals surface area contributed by atoms with E-state index >= 15 is 0 Å². The number of rotatable bonds is 2. The first-order valence-electron chi connectivity index (χ1n) is 3.45. The molecular weight excluding hydrogens is 176 g/mol. The molecule has 0 saturated carbocycles. The van der Waals surface area contributed by atoms with Crippen molar-refractivity contribution in [2.24, 2.45) is 0 Å². The van der Waals surface area contributed by atoms with Gasteiger partial charge in [0.2, 0.25) is 0 Å². The zero-order valence-electron chi connectivity index (χ0n) is 6.15. The van der Waals surface area contributed by atoms with Gasteiger partial charge in [-0.3, -0.25) is 4.40 Å². The summed E-state index contributed by atoms with van der Waals surface area (Å²) in [5.41, 5.74) is 0. The Balaban J connectivity index is 2.42. The predicted molar refractivity (Wildman–Crippen MR) is 49.5 cm³/mol. The first-order valence-corrected chi connectivity index (χ1v) is 5.31. The SMILES string of the molecule is CCSc1cn2ccsc2n1. The van der Waals surface area contributed by atoms with Crippen LogP contribution >= 0.6 is 23.1 Å². The van der Waals surface area contributed by atoms with Crippen LogP contribution in [0.1, 0.15) is 6.92 Å². The molecule has 0 unspecified atom stereocenters. The van der Waals surface area contributed by atoms with Crippen molar-refractivity contribution in [1.29, 1.82) is 0 Å². The summed E-state index contributed by atoms with van der Waals surface area (Å²) in [4.78, 5) is 5.49. The molecular formula is C7H8N2S2. The first-order chi connectivity index (χ1) is 5.40. The van der Waals surface area contributed by atoms with E-state index in [1.807, 2.05) is 11.6 Å². The highest BCUT2D eigenvalue weighted by Gasteiger charge is 2.00. The van der Waals surface area contributed by atoms with Crippen LogP contribution in [-0.2, 0) is 0 Å². The number of imidazole rings is 1. The summed E-state index contributed by atoms with van der Waals surface area (Å²) < 4.78 is 2.06. The third kappa shape index (κ3) is 1.28. The smallest absolute Gasteiger partial charge is 0.194 e. The molecule has 0 radical (unpaired) electrons. The lowest BCUT2D eigenvalue weighted by atomic mass is 10.9. The van der Waals surface area contributed by atoms with E-state index in [0.717, 1.165) is 15.7 Å². The molecule has 0 N–H and O–H groups in total. The van der Waals surface area contributed by atoms with Crippen molar-refractivity contribution in [2.45, 2.75) is 11.9 Å². The summed E-state index contributed by atoms with van der Waals surface area (Å²) in [6.07, 6.45) is 4.10. The van der Waals surface area contributed by atoms with E-state index in [0.29, 0.717) is 0 Å². The Kier molecular flexibility index (Phi) is 1.87. The van der Waals surface area contributed by atoms with Gasteiger partial charge in [-0.2, -0.15) is 0 Å². The summed E-state index contributed by atoms with van der Waals surface area (Å²) in [5.74, 6) is 1.09. The molecule has 0 atom stereocenters. The zero-order chi connectivity index (χ0) is 7.68. The lowest BCUT2D eigenvalue weighted by Crippen LogP contribution is -1.69. The monoisotopic (exact) mass is 184 g/mol. The number of hydrogen-bond acceptors (Lipinski definition) is 3. The maximum Gasteiger partial charge on any atom is 0.194 e. The Hall–Kier alpha value is -0.480. The van der Waals surface area contributed by atoms with Crippen molar-refractivity contribution in [2.75, 3.05) is 5.75 Å². The normalized spacial score (nSPS) is 11.0. The number of hydrogen-bond donors (Lipinski definition) is 0. The van der Waals surface area contributed by atoms with Crippen LogP contribution in [0.3, 0.4) is 0 Å². The van der Waals surface area contributed by atoms with Crippen LogP contribution in [0, 0.1) is 0 Å².